The van der Waals surface area contributed by atoms with Gasteiger partial charge in [-0.2, -0.15) is 4.98 Å². The molecule has 0 amide bonds. The predicted molar refractivity (Wildman–Crippen MR) is 101 cm³/mol. The average molecular weight is 371 g/mol. The second-order valence-corrected chi connectivity index (χ2v) is 6.89. The van der Waals surface area contributed by atoms with E-state index in [1.54, 1.807) is 0 Å². The Morgan fingerprint density at radius 3 is 3.00 bits per heavy atom. The summed E-state index contributed by atoms with van der Waals surface area (Å²) in [5, 5.41) is 0.165. The quantitative estimate of drug-likeness (QED) is 0.546. The van der Waals surface area contributed by atoms with E-state index in [1.807, 2.05) is 47.3 Å². The standard InChI is InChI=1S/C19H18N4O2S/c1-13-17(20-8-7-18(13)25-2)12-26(24)19-21-15-6-5-14(11-16(15)22-19)23-9-3-4-10-23/h3-11H,12H2,1-2H3,(H,21,22)/i1D3,7D,8D. The minimum atomic E-state index is -2.65. The highest BCUT2D eigenvalue weighted by atomic mass is 32.2. The number of aromatic nitrogens is 4. The highest BCUT2D eigenvalue weighted by Crippen LogP contribution is 2.24. The SMILES string of the molecule is [2H]c1nc(C[S+]([O-])c2nc3cc(-n4cccc4)ccc3[nH]2)c(C([2H])([2H])[2H])c(OC)c1[2H]. The predicted octanol–water partition coefficient (Wildman–Crippen LogP) is 3.37. The molecule has 0 bridgehead atoms. The van der Waals surface area contributed by atoms with Crippen LogP contribution in [0.4, 0.5) is 0 Å². The number of ether oxygens (including phenoxy) is 1. The van der Waals surface area contributed by atoms with Crippen LogP contribution in [0.5, 0.6) is 5.75 Å². The molecule has 26 heavy (non-hydrogen) atoms. The molecule has 0 aliphatic carbocycles. The van der Waals surface area contributed by atoms with Crippen LogP contribution in [0.3, 0.4) is 0 Å². The normalized spacial score (nSPS) is 15.7. The first-order valence-electron chi connectivity index (χ1n) is 10.2. The highest BCUT2D eigenvalue weighted by molar-refractivity contribution is 7.90. The van der Waals surface area contributed by atoms with E-state index < -0.39 is 30.2 Å². The lowest BCUT2D eigenvalue weighted by Crippen LogP contribution is -2.10. The van der Waals surface area contributed by atoms with Crippen LogP contribution in [0, 0.1) is 6.85 Å². The van der Waals surface area contributed by atoms with Gasteiger partial charge in [0.2, 0.25) is 0 Å². The molecule has 0 radical (unpaired) electrons. The van der Waals surface area contributed by atoms with Crippen LogP contribution in [0.2, 0.25) is 0 Å². The summed E-state index contributed by atoms with van der Waals surface area (Å²) in [6.45, 7) is -2.65. The Labute approximate surface area is 161 Å². The van der Waals surface area contributed by atoms with Crippen molar-refractivity contribution in [3.05, 3.63) is 66.2 Å². The van der Waals surface area contributed by atoms with Crippen molar-refractivity contribution in [2.75, 3.05) is 7.11 Å². The maximum atomic E-state index is 13.0. The number of nitrogens with zero attached hydrogens (tertiary/aromatic N) is 3. The van der Waals surface area contributed by atoms with Gasteiger partial charge in [-0.05, 0) is 43.2 Å². The Bertz CT molecular complexity index is 1240. The maximum absolute atomic E-state index is 13.0. The molecular weight excluding hydrogens is 348 g/mol. The van der Waals surface area contributed by atoms with Crippen molar-refractivity contribution in [3.63, 3.8) is 0 Å². The van der Waals surface area contributed by atoms with Crippen LogP contribution in [-0.2, 0) is 16.9 Å². The molecular formula is C19H18N4O2S. The summed E-state index contributed by atoms with van der Waals surface area (Å²) in [5.41, 5.74) is 1.80. The zero-order valence-corrected chi connectivity index (χ0v) is 14.6. The summed E-state index contributed by atoms with van der Waals surface area (Å²) in [4.78, 5) is 11.3. The molecule has 1 unspecified atom stereocenters. The first-order valence-corrected chi connectivity index (χ1v) is 9.07. The van der Waals surface area contributed by atoms with Crippen LogP contribution >= 0.6 is 0 Å². The van der Waals surface area contributed by atoms with E-state index in [2.05, 4.69) is 15.0 Å². The maximum Gasteiger partial charge on any atom is 0.322 e. The minimum Gasteiger partial charge on any atom is -0.609 e. The minimum absolute atomic E-state index is 0.0790. The van der Waals surface area contributed by atoms with Gasteiger partial charge in [-0.25, -0.2) is 0 Å². The van der Waals surface area contributed by atoms with Gasteiger partial charge in [0.1, 0.15) is 5.75 Å². The third kappa shape index (κ3) is 3.07. The van der Waals surface area contributed by atoms with E-state index in [4.69, 9.17) is 11.6 Å². The largest absolute Gasteiger partial charge is 0.609 e. The van der Waals surface area contributed by atoms with Crippen LogP contribution < -0.4 is 4.74 Å². The fraction of sp³-hybridized carbons (Fsp3) is 0.158. The van der Waals surface area contributed by atoms with Crippen LogP contribution in [0.1, 0.15) is 18.1 Å². The van der Waals surface area contributed by atoms with Gasteiger partial charge in [-0.15, -0.1) is 0 Å². The fourth-order valence-corrected chi connectivity index (χ4v) is 3.61. The second kappa shape index (κ2) is 6.86. The lowest BCUT2D eigenvalue weighted by Gasteiger charge is -2.10. The highest BCUT2D eigenvalue weighted by Gasteiger charge is 2.20. The average Bonchev–Trinajstić information content (AvgIpc) is 3.38. The lowest BCUT2D eigenvalue weighted by molar-refractivity contribution is 0.410. The number of hydrogen-bond acceptors (Lipinski definition) is 4. The Hall–Kier alpha value is -2.77. The molecule has 0 saturated heterocycles. The number of hydrogen-bond donors (Lipinski definition) is 1. The molecule has 4 rings (SSSR count). The molecule has 3 aromatic heterocycles. The summed E-state index contributed by atoms with van der Waals surface area (Å²) >= 11 is -1.77. The van der Waals surface area contributed by atoms with Crippen molar-refractivity contribution < 1.29 is 16.1 Å². The third-order valence-electron chi connectivity index (χ3n) is 3.91. The second-order valence-electron chi connectivity index (χ2n) is 5.53. The molecule has 3 heterocycles. The number of nitrogens with one attached hydrogen (secondary N) is 1. The first-order chi connectivity index (χ1) is 14.7. The number of fused-ring (bicyclic) bond motifs is 1. The summed E-state index contributed by atoms with van der Waals surface area (Å²) < 4.78 is 59.1. The zero-order valence-electron chi connectivity index (χ0n) is 18.8. The third-order valence-corrected chi connectivity index (χ3v) is 5.07. The van der Waals surface area contributed by atoms with E-state index in [9.17, 15) is 4.55 Å². The molecule has 132 valence electrons. The molecule has 1 atom stereocenters. The van der Waals surface area contributed by atoms with Gasteiger partial charge in [0.25, 0.3) is 0 Å². The summed E-state index contributed by atoms with van der Waals surface area (Å²) in [6, 6.07) is 8.95. The van der Waals surface area contributed by atoms with Gasteiger partial charge < -0.3 is 13.9 Å². The summed E-state index contributed by atoms with van der Waals surface area (Å²) in [5.74, 6) is -0.548. The smallest absolute Gasteiger partial charge is 0.322 e. The van der Waals surface area contributed by atoms with Gasteiger partial charge in [-0.1, -0.05) is 0 Å². The Kier molecular flexibility index (Phi) is 3.10. The topological polar surface area (TPSA) is 78.8 Å². The Morgan fingerprint density at radius 1 is 1.38 bits per heavy atom. The van der Waals surface area contributed by atoms with E-state index >= 15 is 0 Å². The van der Waals surface area contributed by atoms with Gasteiger partial charge in [0, 0.05) is 45.1 Å². The number of methoxy groups -OCH3 is 1. The molecule has 4 aromatic rings. The van der Waals surface area contributed by atoms with Gasteiger partial charge in [-0.3, -0.25) is 9.97 Å². The number of imidazole rings is 1. The number of rotatable bonds is 5. The molecule has 6 nitrogen and oxygen atoms in total. The molecule has 1 aromatic carbocycles. The molecule has 0 fully saturated rings. The van der Waals surface area contributed by atoms with Crippen molar-refractivity contribution in [2.45, 2.75) is 17.8 Å². The number of benzene rings is 1. The lowest BCUT2D eigenvalue weighted by atomic mass is 10.2. The number of H-pyrrole nitrogens is 1. The zero-order chi connectivity index (χ0) is 22.3. The van der Waals surface area contributed by atoms with E-state index in [1.165, 1.54) is 7.11 Å². The van der Waals surface area contributed by atoms with Crippen molar-refractivity contribution in [3.8, 4) is 11.4 Å². The number of aromatic amines is 1. The number of pyridine rings is 1. The van der Waals surface area contributed by atoms with Crippen molar-refractivity contribution in [1.29, 1.82) is 0 Å². The summed E-state index contributed by atoms with van der Waals surface area (Å²) in [7, 11) is 1.23. The van der Waals surface area contributed by atoms with E-state index in [0.29, 0.717) is 11.0 Å². The molecule has 0 saturated carbocycles. The van der Waals surface area contributed by atoms with Gasteiger partial charge >= 0.3 is 5.16 Å². The van der Waals surface area contributed by atoms with Crippen molar-refractivity contribution >= 4 is 22.2 Å². The Balaban J connectivity index is 1.70. The molecule has 7 heteroatoms. The van der Waals surface area contributed by atoms with E-state index in [0.717, 1.165) is 5.69 Å². The van der Waals surface area contributed by atoms with Crippen LogP contribution in [0.15, 0.2) is 60.1 Å². The van der Waals surface area contributed by atoms with E-state index in [-0.39, 0.29) is 27.9 Å². The van der Waals surface area contributed by atoms with Crippen molar-refractivity contribution in [1.82, 2.24) is 19.5 Å². The summed E-state index contributed by atoms with van der Waals surface area (Å²) in [6.07, 6.45) is 3.35. The van der Waals surface area contributed by atoms with Crippen LogP contribution in [-0.4, -0.2) is 31.2 Å². The molecule has 0 aliphatic rings. The molecule has 0 spiro atoms. The monoisotopic (exact) mass is 371 g/mol. The van der Waals surface area contributed by atoms with Crippen molar-refractivity contribution in [2.24, 2.45) is 0 Å². The van der Waals surface area contributed by atoms with Gasteiger partial charge in [0.05, 0.1) is 26.6 Å². The van der Waals surface area contributed by atoms with Crippen LogP contribution in [0.25, 0.3) is 16.7 Å². The fourth-order valence-electron chi connectivity index (χ4n) is 2.59. The first kappa shape index (κ1) is 11.8. The molecule has 1 N–H and O–H groups in total. The Morgan fingerprint density at radius 2 is 2.23 bits per heavy atom. The molecule has 0 aliphatic heterocycles. The van der Waals surface area contributed by atoms with Gasteiger partial charge in [0.15, 0.2) is 5.75 Å².